The van der Waals surface area contributed by atoms with Crippen molar-refractivity contribution in [3.8, 4) is 0 Å². The first-order chi connectivity index (χ1) is 9.53. The SMILES string of the molecule is CC1CCCN(C(N)=NCC2(C(N)=O)CCOCC2)C1.I. The number of primary amides is 1. The van der Waals surface area contributed by atoms with Crippen molar-refractivity contribution in [2.75, 3.05) is 32.8 Å². The number of aliphatic imine (C=N–C) groups is 1. The zero-order chi connectivity index (χ0) is 14.6. The van der Waals surface area contributed by atoms with Crippen LogP contribution >= 0.6 is 24.0 Å². The van der Waals surface area contributed by atoms with Crippen LogP contribution in [0.1, 0.15) is 32.6 Å². The Hall–Kier alpha value is -0.570. The maximum Gasteiger partial charge on any atom is 0.225 e. The van der Waals surface area contributed by atoms with Crippen molar-refractivity contribution in [2.24, 2.45) is 27.8 Å². The van der Waals surface area contributed by atoms with Crippen LogP contribution in [0, 0.1) is 11.3 Å². The molecule has 1 unspecified atom stereocenters. The van der Waals surface area contributed by atoms with Crippen LogP contribution in [0.2, 0.25) is 0 Å². The normalized spacial score (nSPS) is 26.0. The molecule has 0 aliphatic carbocycles. The first kappa shape index (κ1) is 18.5. The predicted octanol–water partition coefficient (Wildman–Crippen LogP) is 0.933. The van der Waals surface area contributed by atoms with E-state index in [1.807, 2.05) is 0 Å². The summed E-state index contributed by atoms with van der Waals surface area (Å²) in [4.78, 5) is 18.3. The van der Waals surface area contributed by atoms with Gasteiger partial charge in [0.05, 0.1) is 12.0 Å². The van der Waals surface area contributed by atoms with Gasteiger partial charge < -0.3 is 21.1 Å². The third-order valence-electron chi connectivity index (χ3n) is 4.50. The van der Waals surface area contributed by atoms with Gasteiger partial charge >= 0.3 is 0 Å². The van der Waals surface area contributed by atoms with Crippen LogP contribution in [0.15, 0.2) is 4.99 Å². The lowest BCUT2D eigenvalue weighted by molar-refractivity contribution is -0.132. The van der Waals surface area contributed by atoms with Crippen LogP contribution in [-0.2, 0) is 9.53 Å². The van der Waals surface area contributed by atoms with Crippen LogP contribution in [0.4, 0.5) is 0 Å². The van der Waals surface area contributed by atoms with E-state index in [9.17, 15) is 4.79 Å². The lowest BCUT2D eigenvalue weighted by Gasteiger charge is -2.34. The zero-order valence-corrected chi connectivity index (χ0v) is 15.0. The van der Waals surface area contributed by atoms with Gasteiger partial charge in [0.1, 0.15) is 0 Å². The second-order valence-corrected chi connectivity index (χ2v) is 6.12. The molecule has 2 aliphatic rings. The molecule has 2 rings (SSSR count). The van der Waals surface area contributed by atoms with Gasteiger partial charge in [-0.25, -0.2) is 0 Å². The first-order valence-corrected chi connectivity index (χ1v) is 7.46. The third kappa shape index (κ3) is 4.70. The Morgan fingerprint density at radius 1 is 1.38 bits per heavy atom. The van der Waals surface area contributed by atoms with Crippen molar-refractivity contribution in [3.63, 3.8) is 0 Å². The number of carbonyl (C=O) groups is 1. The molecule has 21 heavy (non-hydrogen) atoms. The first-order valence-electron chi connectivity index (χ1n) is 7.46. The summed E-state index contributed by atoms with van der Waals surface area (Å²) in [7, 11) is 0. The number of carbonyl (C=O) groups excluding carboxylic acids is 1. The van der Waals surface area contributed by atoms with Gasteiger partial charge in [-0.2, -0.15) is 0 Å². The molecule has 0 bridgehead atoms. The van der Waals surface area contributed by atoms with Gasteiger partial charge in [-0.1, -0.05) is 6.92 Å². The van der Waals surface area contributed by atoms with Crippen molar-refractivity contribution >= 4 is 35.8 Å². The summed E-state index contributed by atoms with van der Waals surface area (Å²) in [6, 6.07) is 0. The fourth-order valence-electron chi connectivity index (χ4n) is 2.97. The molecule has 0 aromatic rings. The van der Waals surface area contributed by atoms with Crippen LogP contribution in [0.5, 0.6) is 0 Å². The lowest BCUT2D eigenvalue weighted by Crippen LogP contribution is -2.47. The molecule has 2 saturated heterocycles. The average Bonchev–Trinajstić information content (AvgIpc) is 2.45. The number of likely N-dealkylation sites (tertiary alicyclic amines) is 1. The number of amides is 1. The number of halogens is 1. The second-order valence-electron chi connectivity index (χ2n) is 6.12. The van der Waals surface area contributed by atoms with Gasteiger partial charge in [-0.3, -0.25) is 9.79 Å². The monoisotopic (exact) mass is 410 g/mol. The molecular weight excluding hydrogens is 383 g/mol. The molecule has 0 aromatic carbocycles. The van der Waals surface area contributed by atoms with E-state index in [0.717, 1.165) is 19.5 Å². The van der Waals surface area contributed by atoms with E-state index in [-0.39, 0.29) is 29.9 Å². The maximum atomic E-state index is 11.8. The maximum absolute atomic E-state index is 11.8. The number of rotatable bonds is 3. The summed E-state index contributed by atoms with van der Waals surface area (Å²) in [5.74, 6) is 0.902. The average molecular weight is 410 g/mol. The molecular formula is C14H27IN4O2. The number of nitrogens with zero attached hydrogens (tertiary/aromatic N) is 2. The summed E-state index contributed by atoms with van der Waals surface area (Å²) < 4.78 is 5.31. The Kier molecular flexibility index (Phi) is 7.19. The predicted molar refractivity (Wildman–Crippen MR) is 93.6 cm³/mol. The molecule has 0 saturated carbocycles. The molecule has 2 aliphatic heterocycles. The van der Waals surface area contributed by atoms with Gasteiger partial charge in [0.2, 0.25) is 5.91 Å². The number of ether oxygens (including phenoxy) is 1. The van der Waals surface area contributed by atoms with E-state index in [0.29, 0.717) is 44.5 Å². The topological polar surface area (TPSA) is 93.9 Å². The van der Waals surface area contributed by atoms with Crippen LogP contribution < -0.4 is 11.5 Å². The highest BCUT2D eigenvalue weighted by molar-refractivity contribution is 14.0. The summed E-state index contributed by atoms with van der Waals surface area (Å²) in [6.45, 7) is 5.64. The molecule has 122 valence electrons. The van der Waals surface area contributed by atoms with Gasteiger partial charge in [0, 0.05) is 26.3 Å². The Labute approximate surface area is 143 Å². The van der Waals surface area contributed by atoms with E-state index in [1.165, 1.54) is 6.42 Å². The minimum absolute atomic E-state index is 0. The molecule has 2 fully saturated rings. The largest absolute Gasteiger partial charge is 0.381 e. The second kappa shape index (κ2) is 8.17. The van der Waals surface area contributed by atoms with E-state index < -0.39 is 5.41 Å². The summed E-state index contributed by atoms with van der Waals surface area (Å²) >= 11 is 0. The number of piperidine rings is 1. The van der Waals surface area contributed by atoms with E-state index >= 15 is 0 Å². The number of nitrogens with two attached hydrogens (primary N) is 2. The standard InChI is InChI=1S/C14H26N4O2.HI/c1-11-3-2-6-18(9-11)13(16)17-10-14(12(15)19)4-7-20-8-5-14;/h11H,2-10H2,1H3,(H2,15,19)(H2,16,17);1H. The molecule has 7 heteroatoms. The Balaban J connectivity index is 0.00000220. The summed E-state index contributed by atoms with van der Waals surface area (Å²) in [5.41, 5.74) is 11.1. The molecule has 0 spiro atoms. The van der Waals surface area contributed by atoms with Crippen LogP contribution in [0.25, 0.3) is 0 Å². The van der Waals surface area contributed by atoms with Crippen molar-refractivity contribution in [1.82, 2.24) is 4.90 Å². The minimum atomic E-state index is -0.579. The molecule has 4 N–H and O–H groups in total. The van der Waals surface area contributed by atoms with E-state index in [1.54, 1.807) is 0 Å². The fraction of sp³-hybridized carbons (Fsp3) is 0.857. The zero-order valence-electron chi connectivity index (χ0n) is 12.7. The number of guanidine groups is 1. The highest BCUT2D eigenvalue weighted by Crippen LogP contribution is 2.30. The molecule has 1 amide bonds. The smallest absolute Gasteiger partial charge is 0.225 e. The number of hydrogen-bond acceptors (Lipinski definition) is 3. The molecule has 2 heterocycles. The third-order valence-corrected chi connectivity index (χ3v) is 4.50. The van der Waals surface area contributed by atoms with Gasteiger partial charge in [0.15, 0.2) is 5.96 Å². The van der Waals surface area contributed by atoms with Crippen molar-refractivity contribution in [3.05, 3.63) is 0 Å². The summed E-state index contributed by atoms with van der Waals surface area (Å²) in [5, 5.41) is 0. The van der Waals surface area contributed by atoms with Crippen LogP contribution in [-0.4, -0.2) is 49.6 Å². The molecule has 0 aromatic heterocycles. The van der Waals surface area contributed by atoms with Crippen molar-refractivity contribution in [2.45, 2.75) is 32.6 Å². The molecule has 1 atom stereocenters. The minimum Gasteiger partial charge on any atom is -0.381 e. The van der Waals surface area contributed by atoms with Crippen LogP contribution in [0.3, 0.4) is 0 Å². The quantitative estimate of drug-likeness (QED) is 0.411. The van der Waals surface area contributed by atoms with Crippen molar-refractivity contribution in [1.29, 1.82) is 0 Å². The van der Waals surface area contributed by atoms with Gasteiger partial charge in [-0.15, -0.1) is 24.0 Å². The van der Waals surface area contributed by atoms with Gasteiger partial charge in [0.25, 0.3) is 0 Å². The Morgan fingerprint density at radius 2 is 2.05 bits per heavy atom. The van der Waals surface area contributed by atoms with Crippen molar-refractivity contribution < 1.29 is 9.53 Å². The number of hydrogen-bond donors (Lipinski definition) is 2. The van der Waals surface area contributed by atoms with E-state index in [2.05, 4.69) is 16.8 Å². The summed E-state index contributed by atoms with van der Waals surface area (Å²) in [6.07, 6.45) is 3.66. The lowest BCUT2D eigenvalue weighted by atomic mass is 9.79. The Morgan fingerprint density at radius 3 is 2.62 bits per heavy atom. The highest BCUT2D eigenvalue weighted by Gasteiger charge is 2.38. The molecule has 6 nitrogen and oxygen atoms in total. The molecule has 0 radical (unpaired) electrons. The fourth-order valence-corrected chi connectivity index (χ4v) is 2.97. The Bertz CT molecular complexity index is 383. The highest BCUT2D eigenvalue weighted by atomic mass is 127. The van der Waals surface area contributed by atoms with E-state index in [4.69, 9.17) is 16.2 Å². The van der Waals surface area contributed by atoms with Gasteiger partial charge in [-0.05, 0) is 31.6 Å².